The van der Waals surface area contributed by atoms with Crippen LogP contribution < -0.4 is 16.0 Å². The van der Waals surface area contributed by atoms with Crippen LogP contribution in [-0.4, -0.2) is 55.2 Å². The molecular weight excluding hydrogens is 450 g/mol. The molecule has 0 heterocycles. The number of carboxylic acids is 1. The first-order valence-corrected chi connectivity index (χ1v) is 11.7. The molecule has 0 saturated heterocycles. The summed E-state index contributed by atoms with van der Waals surface area (Å²) in [6, 6.07) is 16.3. The third-order valence-electron chi connectivity index (χ3n) is 6.00. The zero-order valence-electron chi connectivity index (χ0n) is 19.7. The molecule has 0 fully saturated rings. The summed E-state index contributed by atoms with van der Waals surface area (Å²) in [6.07, 6.45) is 1.04. The SMILES string of the molecule is CC(CCNC(=O)OCC1c2ccccc2-c2ccccc21)CCC(=O)NCC(=O)NCC(=O)O. The van der Waals surface area contributed by atoms with Gasteiger partial charge in [-0.05, 0) is 41.0 Å². The highest BCUT2D eigenvalue weighted by Crippen LogP contribution is 2.44. The van der Waals surface area contributed by atoms with Crippen molar-refractivity contribution in [2.24, 2.45) is 5.92 Å². The van der Waals surface area contributed by atoms with Gasteiger partial charge in [0.15, 0.2) is 0 Å². The molecule has 0 radical (unpaired) electrons. The number of carbonyl (C=O) groups excluding carboxylic acids is 3. The van der Waals surface area contributed by atoms with Gasteiger partial charge < -0.3 is 25.8 Å². The van der Waals surface area contributed by atoms with Crippen LogP contribution in [0.2, 0.25) is 0 Å². The van der Waals surface area contributed by atoms with Gasteiger partial charge in [-0.15, -0.1) is 0 Å². The van der Waals surface area contributed by atoms with E-state index in [0.29, 0.717) is 19.4 Å². The van der Waals surface area contributed by atoms with E-state index in [1.165, 1.54) is 11.1 Å². The summed E-state index contributed by atoms with van der Waals surface area (Å²) in [5.74, 6) is -1.80. The number of ether oxygens (including phenoxy) is 1. The van der Waals surface area contributed by atoms with E-state index in [1.807, 2.05) is 31.2 Å². The highest BCUT2D eigenvalue weighted by Gasteiger charge is 2.28. The Morgan fingerprint density at radius 2 is 1.46 bits per heavy atom. The zero-order chi connectivity index (χ0) is 25.2. The predicted octanol–water partition coefficient (Wildman–Crippen LogP) is 2.65. The Balaban J connectivity index is 1.32. The number of benzene rings is 2. The first-order chi connectivity index (χ1) is 16.8. The molecule has 1 aliphatic carbocycles. The molecule has 0 saturated carbocycles. The van der Waals surface area contributed by atoms with E-state index < -0.39 is 24.5 Å². The average Bonchev–Trinajstić information content (AvgIpc) is 3.17. The summed E-state index contributed by atoms with van der Waals surface area (Å²) in [4.78, 5) is 45.9. The molecule has 35 heavy (non-hydrogen) atoms. The van der Waals surface area contributed by atoms with E-state index in [2.05, 4.69) is 40.2 Å². The largest absolute Gasteiger partial charge is 0.480 e. The standard InChI is InChI=1S/C26H31N3O6/c1-17(10-11-23(30)28-14-24(31)29-15-25(32)33)12-13-27-26(34)35-16-22-20-8-4-2-6-18(20)19-7-3-5-9-21(19)22/h2-9,17,22H,10-16H2,1H3,(H,27,34)(H,28,30)(H,29,31)(H,32,33). The summed E-state index contributed by atoms with van der Waals surface area (Å²) in [7, 11) is 0. The number of fused-ring (bicyclic) bond motifs is 3. The maximum absolute atomic E-state index is 12.2. The smallest absolute Gasteiger partial charge is 0.407 e. The molecule has 1 aliphatic rings. The first-order valence-electron chi connectivity index (χ1n) is 11.7. The third kappa shape index (κ3) is 7.56. The van der Waals surface area contributed by atoms with E-state index in [4.69, 9.17) is 9.84 Å². The fraction of sp³-hybridized carbons (Fsp3) is 0.385. The van der Waals surface area contributed by atoms with Gasteiger partial charge in [0, 0.05) is 18.9 Å². The molecule has 0 aromatic heterocycles. The van der Waals surface area contributed by atoms with E-state index in [-0.39, 0.29) is 37.3 Å². The van der Waals surface area contributed by atoms with Gasteiger partial charge in [0.25, 0.3) is 0 Å². The van der Waals surface area contributed by atoms with Crippen LogP contribution in [0.1, 0.15) is 43.2 Å². The van der Waals surface area contributed by atoms with Crippen molar-refractivity contribution >= 4 is 23.9 Å². The highest BCUT2D eigenvalue weighted by atomic mass is 16.5. The molecule has 0 spiro atoms. The van der Waals surface area contributed by atoms with Gasteiger partial charge in [-0.2, -0.15) is 0 Å². The minimum Gasteiger partial charge on any atom is -0.480 e. The summed E-state index contributed by atoms with van der Waals surface area (Å²) >= 11 is 0. The van der Waals surface area contributed by atoms with Crippen LogP contribution in [0, 0.1) is 5.92 Å². The summed E-state index contributed by atoms with van der Waals surface area (Å²) < 4.78 is 5.52. The lowest BCUT2D eigenvalue weighted by molar-refractivity contribution is -0.137. The molecule has 4 N–H and O–H groups in total. The van der Waals surface area contributed by atoms with Crippen molar-refractivity contribution in [3.63, 3.8) is 0 Å². The molecule has 3 amide bonds. The van der Waals surface area contributed by atoms with E-state index in [1.54, 1.807) is 0 Å². The van der Waals surface area contributed by atoms with Crippen LogP contribution in [-0.2, 0) is 19.1 Å². The number of carbonyl (C=O) groups is 4. The number of amides is 3. The van der Waals surface area contributed by atoms with Crippen molar-refractivity contribution < 1.29 is 29.0 Å². The van der Waals surface area contributed by atoms with Crippen LogP contribution in [0.4, 0.5) is 4.79 Å². The van der Waals surface area contributed by atoms with E-state index >= 15 is 0 Å². The normalized spacial score (nSPS) is 12.7. The van der Waals surface area contributed by atoms with Gasteiger partial charge in [-0.3, -0.25) is 14.4 Å². The van der Waals surface area contributed by atoms with Crippen molar-refractivity contribution in [2.45, 2.75) is 32.1 Å². The molecule has 1 unspecified atom stereocenters. The molecule has 9 heteroatoms. The van der Waals surface area contributed by atoms with Crippen LogP contribution >= 0.6 is 0 Å². The molecule has 1 atom stereocenters. The van der Waals surface area contributed by atoms with Crippen molar-refractivity contribution in [3.05, 3.63) is 59.7 Å². The van der Waals surface area contributed by atoms with E-state index in [0.717, 1.165) is 11.1 Å². The number of rotatable bonds is 12. The van der Waals surface area contributed by atoms with Gasteiger partial charge in [0.1, 0.15) is 13.2 Å². The van der Waals surface area contributed by atoms with Crippen molar-refractivity contribution in [3.8, 4) is 11.1 Å². The Morgan fingerprint density at radius 1 is 0.857 bits per heavy atom. The molecular formula is C26H31N3O6. The van der Waals surface area contributed by atoms with Crippen molar-refractivity contribution in [1.82, 2.24) is 16.0 Å². The monoisotopic (exact) mass is 481 g/mol. The van der Waals surface area contributed by atoms with Gasteiger partial charge in [-0.1, -0.05) is 55.5 Å². The minimum atomic E-state index is -1.15. The molecule has 186 valence electrons. The Morgan fingerprint density at radius 3 is 2.09 bits per heavy atom. The van der Waals surface area contributed by atoms with Gasteiger partial charge in [0.2, 0.25) is 11.8 Å². The first kappa shape index (κ1) is 25.7. The lowest BCUT2D eigenvalue weighted by atomic mass is 9.98. The number of carboxylic acid groups (broad SMARTS) is 1. The van der Waals surface area contributed by atoms with E-state index in [9.17, 15) is 19.2 Å². The zero-order valence-corrected chi connectivity index (χ0v) is 19.7. The topological polar surface area (TPSA) is 134 Å². The van der Waals surface area contributed by atoms with Crippen LogP contribution in [0.15, 0.2) is 48.5 Å². The Labute approximate surface area is 204 Å². The number of nitrogens with one attached hydrogen (secondary N) is 3. The van der Waals surface area contributed by atoms with Crippen LogP contribution in [0.3, 0.4) is 0 Å². The summed E-state index contributed by atoms with van der Waals surface area (Å²) in [6.45, 7) is 1.92. The molecule has 9 nitrogen and oxygen atoms in total. The number of hydrogen-bond donors (Lipinski definition) is 4. The Kier molecular flexibility index (Phi) is 9.23. The lowest BCUT2D eigenvalue weighted by Gasteiger charge is -2.15. The second-order valence-electron chi connectivity index (χ2n) is 8.63. The van der Waals surface area contributed by atoms with Crippen LogP contribution in [0.5, 0.6) is 0 Å². The minimum absolute atomic E-state index is 0.0109. The maximum Gasteiger partial charge on any atom is 0.407 e. The highest BCUT2D eigenvalue weighted by molar-refractivity contribution is 5.86. The number of alkyl carbamates (subject to hydrolysis) is 1. The van der Waals surface area contributed by atoms with Gasteiger partial charge in [-0.25, -0.2) is 4.79 Å². The Bertz CT molecular complexity index is 1030. The fourth-order valence-corrected chi connectivity index (χ4v) is 4.10. The Hall–Kier alpha value is -3.88. The number of hydrogen-bond acceptors (Lipinski definition) is 5. The fourth-order valence-electron chi connectivity index (χ4n) is 4.10. The second kappa shape index (κ2) is 12.5. The molecule has 3 rings (SSSR count). The predicted molar refractivity (Wildman–Crippen MR) is 130 cm³/mol. The third-order valence-corrected chi connectivity index (χ3v) is 6.00. The second-order valence-corrected chi connectivity index (χ2v) is 8.63. The number of aliphatic carboxylic acids is 1. The molecule has 0 bridgehead atoms. The molecule has 2 aromatic carbocycles. The lowest BCUT2D eigenvalue weighted by Crippen LogP contribution is -2.39. The van der Waals surface area contributed by atoms with Crippen molar-refractivity contribution in [1.29, 1.82) is 0 Å². The van der Waals surface area contributed by atoms with Gasteiger partial charge >= 0.3 is 12.1 Å². The van der Waals surface area contributed by atoms with Gasteiger partial charge in [0.05, 0.1) is 6.54 Å². The quantitative estimate of drug-likeness (QED) is 0.368. The molecule has 0 aliphatic heterocycles. The van der Waals surface area contributed by atoms with Crippen molar-refractivity contribution in [2.75, 3.05) is 26.2 Å². The average molecular weight is 482 g/mol. The van der Waals surface area contributed by atoms with Crippen LogP contribution in [0.25, 0.3) is 11.1 Å². The summed E-state index contributed by atoms with van der Waals surface area (Å²) in [5.41, 5.74) is 4.67. The summed E-state index contributed by atoms with van der Waals surface area (Å²) in [5, 5.41) is 15.9. The maximum atomic E-state index is 12.2. The molecule has 2 aromatic rings.